The topological polar surface area (TPSA) is 37.4 Å². The average molecular weight is 296 g/mol. The molecule has 0 N–H and O–H groups in total. The molecule has 0 bridgehead atoms. The highest BCUT2D eigenvalue weighted by Gasteiger charge is 2.31. The second-order valence-electron chi connectivity index (χ2n) is 6.58. The molecule has 0 amide bonds. The smallest absolute Gasteiger partial charge is 0.211 e. The Morgan fingerprint density at radius 3 is 2.44 bits per heavy atom. The van der Waals surface area contributed by atoms with E-state index in [-0.39, 0.29) is 5.41 Å². The van der Waals surface area contributed by atoms with Crippen LogP contribution in [0, 0.1) is 17.3 Å². The molecule has 0 aromatic rings. The van der Waals surface area contributed by atoms with Gasteiger partial charge < -0.3 is 0 Å². The van der Waals surface area contributed by atoms with Crippen molar-refractivity contribution in [1.82, 2.24) is 4.31 Å². The van der Waals surface area contributed by atoms with E-state index in [4.69, 9.17) is 11.6 Å². The molecule has 1 rings (SSSR count). The number of hydrogen-bond donors (Lipinski definition) is 0. The van der Waals surface area contributed by atoms with Gasteiger partial charge in [-0.3, -0.25) is 0 Å². The Morgan fingerprint density at radius 1 is 1.39 bits per heavy atom. The molecular weight excluding hydrogens is 270 g/mol. The van der Waals surface area contributed by atoms with E-state index in [1.807, 2.05) is 0 Å². The zero-order valence-corrected chi connectivity index (χ0v) is 13.5. The molecule has 2 atom stereocenters. The van der Waals surface area contributed by atoms with Gasteiger partial charge in [-0.2, -0.15) is 0 Å². The largest absolute Gasteiger partial charge is 0.213 e. The van der Waals surface area contributed by atoms with Gasteiger partial charge in [-0.15, -0.1) is 11.6 Å². The summed E-state index contributed by atoms with van der Waals surface area (Å²) in [5.74, 6) is 1.55. The number of rotatable bonds is 4. The maximum absolute atomic E-state index is 11.6. The summed E-state index contributed by atoms with van der Waals surface area (Å²) in [6.45, 7) is 7.96. The first kappa shape index (κ1) is 16.3. The zero-order valence-electron chi connectivity index (χ0n) is 11.9. The molecule has 0 saturated carbocycles. The second kappa shape index (κ2) is 6.10. The predicted molar refractivity (Wildman–Crippen MR) is 77.4 cm³/mol. The molecule has 0 aliphatic carbocycles. The summed E-state index contributed by atoms with van der Waals surface area (Å²) in [5.41, 5.74) is 0.190. The molecule has 0 aromatic carbocycles. The van der Waals surface area contributed by atoms with Gasteiger partial charge in [0.25, 0.3) is 0 Å². The van der Waals surface area contributed by atoms with E-state index in [1.165, 1.54) is 6.26 Å². The normalized spacial score (nSPS) is 25.1. The van der Waals surface area contributed by atoms with Crippen molar-refractivity contribution < 1.29 is 8.42 Å². The van der Waals surface area contributed by atoms with Gasteiger partial charge in [-0.25, -0.2) is 12.7 Å². The summed E-state index contributed by atoms with van der Waals surface area (Å²) in [7, 11) is -3.04. The Labute approximate surface area is 117 Å². The zero-order chi connectivity index (χ0) is 14.0. The summed E-state index contributed by atoms with van der Waals surface area (Å²) >= 11 is 6.07. The Hall–Kier alpha value is 0.200. The Kier molecular flexibility index (Phi) is 5.51. The molecule has 3 nitrogen and oxygen atoms in total. The van der Waals surface area contributed by atoms with Gasteiger partial charge in [0.1, 0.15) is 0 Å². The highest BCUT2D eigenvalue weighted by atomic mass is 35.5. The first-order valence-electron chi connectivity index (χ1n) is 6.65. The van der Waals surface area contributed by atoms with E-state index < -0.39 is 10.0 Å². The van der Waals surface area contributed by atoms with Crippen LogP contribution in [0.15, 0.2) is 0 Å². The number of nitrogens with zero attached hydrogens (tertiary/aromatic N) is 1. The molecule has 18 heavy (non-hydrogen) atoms. The molecule has 0 spiro atoms. The van der Waals surface area contributed by atoms with Crippen molar-refractivity contribution in [3.8, 4) is 0 Å². The third-order valence-electron chi connectivity index (χ3n) is 3.98. The fourth-order valence-corrected chi connectivity index (χ4v) is 4.10. The third kappa shape index (κ3) is 4.71. The minimum absolute atomic E-state index is 0.190. The average Bonchev–Trinajstić information content (AvgIpc) is 2.23. The van der Waals surface area contributed by atoms with Crippen LogP contribution in [-0.2, 0) is 10.0 Å². The lowest BCUT2D eigenvalue weighted by Gasteiger charge is -2.36. The van der Waals surface area contributed by atoms with Crippen molar-refractivity contribution in [2.45, 2.75) is 40.0 Å². The van der Waals surface area contributed by atoms with Gasteiger partial charge in [-0.05, 0) is 36.5 Å². The molecular formula is C13H26ClNO2S. The molecule has 108 valence electrons. The predicted octanol–water partition coefficient (Wildman–Crippen LogP) is 2.95. The van der Waals surface area contributed by atoms with E-state index in [0.29, 0.717) is 30.8 Å². The van der Waals surface area contributed by atoms with Crippen molar-refractivity contribution in [1.29, 1.82) is 0 Å². The lowest BCUT2D eigenvalue weighted by Crippen LogP contribution is -2.40. The van der Waals surface area contributed by atoms with Crippen molar-refractivity contribution in [3.63, 3.8) is 0 Å². The number of alkyl halides is 1. The maximum atomic E-state index is 11.6. The van der Waals surface area contributed by atoms with Gasteiger partial charge in [0.15, 0.2) is 0 Å². The summed E-state index contributed by atoms with van der Waals surface area (Å²) in [6, 6.07) is 0. The lowest BCUT2D eigenvalue weighted by molar-refractivity contribution is 0.175. The molecule has 1 saturated heterocycles. The van der Waals surface area contributed by atoms with Crippen molar-refractivity contribution >= 4 is 21.6 Å². The van der Waals surface area contributed by atoms with Crippen molar-refractivity contribution in [3.05, 3.63) is 0 Å². The van der Waals surface area contributed by atoms with Crippen LogP contribution in [0.3, 0.4) is 0 Å². The molecule has 5 heteroatoms. The van der Waals surface area contributed by atoms with Crippen LogP contribution >= 0.6 is 11.6 Å². The van der Waals surface area contributed by atoms with Crippen LogP contribution in [0.1, 0.15) is 40.0 Å². The second-order valence-corrected chi connectivity index (χ2v) is 8.87. The third-order valence-corrected chi connectivity index (χ3v) is 5.62. The van der Waals surface area contributed by atoms with Gasteiger partial charge in [0.05, 0.1) is 6.26 Å². The van der Waals surface area contributed by atoms with E-state index in [2.05, 4.69) is 20.8 Å². The quantitative estimate of drug-likeness (QED) is 0.748. The number of hydrogen-bond acceptors (Lipinski definition) is 2. The fraction of sp³-hybridized carbons (Fsp3) is 1.00. The number of sulfonamides is 1. The van der Waals surface area contributed by atoms with Crippen LogP contribution in [0.4, 0.5) is 0 Å². The molecule has 0 aromatic heterocycles. The van der Waals surface area contributed by atoms with Crippen LogP contribution < -0.4 is 0 Å². The van der Waals surface area contributed by atoms with Crippen molar-refractivity contribution in [2.75, 3.05) is 25.2 Å². The van der Waals surface area contributed by atoms with E-state index in [9.17, 15) is 8.42 Å². The van der Waals surface area contributed by atoms with Crippen LogP contribution in [0.5, 0.6) is 0 Å². The fourth-order valence-electron chi connectivity index (χ4n) is 2.57. The van der Waals surface area contributed by atoms with E-state index in [0.717, 1.165) is 19.3 Å². The van der Waals surface area contributed by atoms with Crippen LogP contribution in [-0.4, -0.2) is 37.9 Å². The molecule has 0 radical (unpaired) electrons. The highest BCUT2D eigenvalue weighted by Crippen LogP contribution is 2.35. The molecule has 2 unspecified atom stereocenters. The summed E-state index contributed by atoms with van der Waals surface area (Å²) in [6.07, 6.45) is 4.42. The number of piperidine rings is 1. The standard InChI is InChI=1S/C13H26ClNO2S/c1-13(2,3)12(9-14)8-11-6-5-7-15(10-11)18(4,16)17/h11-12H,5-10H2,1-4H3. The van der Waals surface area contributed by atoms with Crippen LogP contribution in [0.25, 0.3) is 0 Å². The Balaban J connectivity index is 2.63. The van der Waals surface area contributed by atoms with Gasteiger partial charge in [0.2, 0.25) is 10.0 Å². The Morgan fingerprint density at radius 2 is 2.00 bits per heavy atom. The number of halogens is 1. The minimum Gasteiger partial charge on any atom is -0.213 e. The first-order chi connectivity index (χ1) is 8.14. The molecule has 1 aliphatic heterocycles. The van der Waals surface area contributed by atoms with Gasteiger partial charge in [-0.1, -0.05) is 20.8 Å². The van der Waals surface area contributed by atoms with Crippen LogP contribution in [0.2, 0.25) is 0 Å². The van der Waals surface area contributed by atoms with Gasteiger partial charge >= 0.3 is 0 Å². The van der Waals surface area contributed by atoms with E-state index in [1.54, 1.807) is 4.31 Å². The van der Waals surface area contributed by atoms with Gasteiger partial charge in [0, 0.05) is 19.0 Å². The maximum Gasteiger partial charge on any atom is 0.211 e. The monoisotopic (exact) mass is 295 g/mol. The first-order valence-corrected chi connectivity index (χ1v) is 9.04. The SMILES string of the molecule is CC(C)(C)C(CCl)CC1CCCN(S(C)(=O)=O)C1. The molecule has 1 heterocycles. The summed E-state index contributed by atoms with van der Waals surface area (Å²) in [5, 5.41) is 0. The Bertz CT molecular complexity index is 362. The molecule has 1 aliphatic rings. The minimum atomic E-state index is -3.04. The summed E-state index contributed by atoms with van der Waals surface area (Å²) in [4.78, 5) is 0. The molecule has 1 fully saturated rings. The summed E-state index contributed by atoms with van der Waals surface area (Å²) < 4.78 is 24.8. The van der Waals surface area contributed by atoms with Crippen molar-refractivity contribution in [2.24, 2.45) is 17.3 Å². The lowest BCUT2D eigenvalue weighted by atomic mass is 9.75. The highest BCUT2D eigenvalue weighted by molar-refractivity contribution is 7.88. The van der Waals surface area contributed by atoms with E-state index >= 15 is 0 Å².